The number of hydrogen-bond donors (Lipinski definition) is 0. The Balaban J connectivity index is 1.39. The molecule has 1 aliphatic heterocycles. The highest BCUT2D eigenvalue weighted by atomic mass is 32.2. The van der Waals surface area contributed by atoms with Crippen LogP contribution in [-0.4, -0.2) is 58.2 Å². The highest BCUT2D eigenvalue weighted by molar-refractivity contribution is 7.89. The van der Waals surface area contributed by atoms with Gasteiger partial charge in [0.1, 0.15) is 5.69 Å². The van der Waals surface area contributed by atoms with Gasteiger partial charge in [-0.15, -0.1) is 0 Å². The van der Waals surface area contributed by atoms with Gasteiger partial charge in [-0.2, -0.15) is 9.40 Å². The highest BCUT2D eigenvalue weighted by Gasteiger charge is 2.27. The van der Waals surface area contributed by atoms with Crippen LogP contribution in [0, 0.1) is 0 Å². The molecule has 0 saturated carbocycles. The van der Waals surface area contributed by atoms with Crippen molar-refractivity contribution in [3.8, 4) is 16.9 Å². The first-order valence-electron chi connectivity index (χ1n) is 12.7. The lowest BCUT2D eigenvalue weighted by Crippen LogP contribution is -2.40. The van der Waals surface area contributed by atoms with Gasteiger partial charge >= 0.3 is 0 Å². The molecular formula is C29H23N5O4S2. The maximum Gasteiger partial charge on any atom is 0.274 e. The number of ether oxygens (including phenoxy) is 1. The van der Waals surface area contributed by atoms with Crippen LogP contribution in [0.25, 0.3) is 39.0 Å². The van der Waals surface area contributed by atoms with Gasteiger partial charge in [-0.05, 0) is 42.5 Å². The zero-order valence-corrected chi connectivity index (χ0v) is 22.8. The summed E-state index contributed by atoms with van der Waals surface area (Å²) in [6, 6.07) is 24.0. The van der Waals surface area contributed by atoms with E-state index in [9.17, 15) is 13.2 Å². The fourth-order valence-electron chi connectivity index (χ4n) is 4.92. The summed E-state index contributed by atoms with van der Waals surface area (Å²) in [4.78, 5) is 18.9. The number of imidazole rings is 1. The van der Waals surface area contributed by atoms with Crippen LogP contribution >= 0.6 is 11.3 Å². The van der Waals surface area contributed by atoms with Crippen molar-refractivity contribution in [2.24, 2.45) is 0 Å². The van der Waals surface area contributed by atoms with Gasteiger partial charge in [0.2, 0.25) is 10.0 Å². The molecule has 7 rings (SSSR count). The van der Waals surface area contributed by atoms with Crippen LogP contribution in [-0.2, 0) is 14.8 Å². The quantitative estimate of drug-likeness (QED) is 0.316. The lowest BCUT2D eigenvalue weighted by atomic mass is 10.1. The Morgan fingerprint density at radius 1 is 0.925 bits per heavy atom. The molecule has 1 fully saturated rings. The van der Waals surface area contributed by atoms with Gasteiger partial charge in [0.15, 0.2) is 4.96 Å². The van der Waals surface area contributed by atoms with Gasteiger partial charge in [0.25, 0.3) is 5.56 Å². The molecule has 1 aliphatic rings. The van der Waals surface area contributed by atoms with Crippen LogP contribution < -0.4 is 10.1 Å². The van der Waals surface area contributed by atoms with Crippen molar-refractivity contribution in [1.82, 2.24) is 23.5 Å². The SMILES string of the molecule is O=c1/c(=C/c2cn(-c3ccccc3)nc2-c2cccc(S(=O)(=O)N3CCOCC3)c2)sc2nc3ccccc3n12. The minimum atomic E-state index is -3.70. The zero-order chi connectivity index (χ0) is 27.3. The van der Waals surface area contributed by atoms with Gasteiger partial charge in [-0.1, -0.05) is 53.8 Å². The second-order valence-electron chi connectivity index (χ2n) is 9.39. The Morgan fingerprint density at radius 3 is 2.52 bits per heavy atom. The molecule has 3 aromatic carbocycles. The van der Waals surface area contributed by atoms with Gasteiger partial charge in [0.05, 0.1) is 39.4 Å². The molecule has 11 heteroatoms. The van der Waals surface area contributed by atoms with E-state index < -0.39 is 10.0 Å². The van der Waals surface area contributed by atoms with E-state index in [2.05, 4.69) is 4.98 Å². The Hall–Kier alpha value is -4.16. The largest absolute Gasteiger partial charge is 0.379 e. The molecule has 6 aromatic rings. The summed E-state index contributed by atoms with van der Waals surface area (Å²) >= 11 is 1.31. The third kappa shape index (κ3) is 4.23. The van der Waals surface area contributed by atoms with E-state index in [4.69, 9.17) is 9.84 Å². The Kier molecular flexibility index (Phi) is 6.08. The number of thiazole rings is 1. The molecule has 40 heavy (non-hydrogen) atoms. The second-order valence-corrected chi connectivity index (χ2v) is 12.3. The van der Waals surface area contributed by atoms with E-state index in [1.165, 1.54) is 15.6 Å². The van der Waals surface area contributed by atoms with E-state index in [1.807, 2.05) is 66.9 Å². The fourth-order valence-corrected chi connectivity index (χ4v) is 7.36. The normalized spacial score (nSPS) is 15.3. The molecule has 4 heterocycles. The maximum absolute atomic E-state index is 13.5. The Labute approximate surface area is 233 Å². The summed E-state index contributed by atoms with van der Waals surface area (Å²) in [7, 11) is -3.70. The monoisotopic (exact) mass is 569 g/mol. The molecular weight excluding hydrogens is 546 g/mol. The van der Waals surface area contributed by atoms with E-state index in [-0.39, 0.29) is 10.5 Å². The van der Waals surface area contributed by atoms with E-state index >= 15 is 0 Å². The smallest absolute Gasteiger partial charge is 0.274 e. The lowest BCUT2D eigenvalue weighted by Gasteiger charge is -2.26. The predicted octanol–water partition coefficient (Wildman–Crippen LogP) is 3.33. The number of nitrogens with zero attached hydrogens (tertiary/aromatic N) is 5. The minimum absolute atomic E-state index is 0.157. The van der Waals surface area contributed by atoms with Crippen molar-refractivity contribution in [3.63, 3.8) is 0 Å². The molecule has 1 saturated heterocycles. The molecule has 0 atom stereocenters. The van der Waals surface area contributed by atoms with Crippen molar-refractivity contribution in [3.05, 3.63) is 106 Å². The number of morpholine rings is 1. The first-order chi connectivity index (χ1) is 19.5. The average Bonchev–Trinajstić information content (AvgIpc) is 3.67. The first kappa shape index (κ1) is 24.9. The number of fused-ring (bicyclic) bond motifs is 3. The molecule has 0 radical (unpaired) electrons. The number of rotatable bonds is 5. The molecule has 0 aliphatic carbocycles. The number of benzene rings is 3. The molecule has 3 aromatic heterocycles. The van der Waals surface area contributed by atoms with Crippen molar-refractivity contribution >= 4 is 43.4 Å². The van der Waals surface area contributed by atoms with E-state index in [0.29, 0.717) is 52.6 Å². The second kappa shape index (κ2) is 9.79. The maximum atomic E-state index is 13.5. The fraction of sp³-hybridized carbons (Fsp3) is 0.138. The molecule has 0 bridgehead atoms. The molecule has 0 unspecified atom stereocenters. The van der Waals surface area contributed by atoms with Crippen LogP contribution in [0.1, 0.15) is 5.56 Å². The lowest BCUT2D eigenvalue weighted by molar-refractivity contribution is 0.0730. The first-order valence-corrected chi connectivity index (χ1v) is 15.0. The van der Waals surface area contributed by atoms with Crippen molar-refractivity contribution in [1.29, 1.82) is 0 Å². The van der Waals surface area contributed by atoms with Crippen LogP contribution in [0.4, 0.5) is 0 Å². The molecule has 0 N–H and O–H groups in total. The number of sulfonamides is 1. The van der Waals surface area contributed by atoms with E-state index in [0.717, 1.165) is 16.7 Å². The van der Waals surface area contributed by atoms with Crippen molar-refractivity contribution < 1.29 is 13.2 Å². The number of hydrogen-bond acceptors (Lipinski definition) is 7. The minimum Gasteiger partial charge on any atom is -0.379 e. The zero-order valence-electron chi connectivity index (χ0n) is 21.2. The highest BCUT2D eigenvalue weighted by Crippen LogP contribution is 2.28. The number of aromatic nitrogens is 4. The van der Waals surface area contributed by atoms with E-state index in [1.54, 1.807) is 33.4 Å². The molecule has 200 valence electrons. The summed E-state index contributed by atoms with van der Waals surface area (Å²) in [5.41, 5.74) is 4.11. The standard InChI is InChI=1S/C29H23N5O4S2/c35-28-26(39-29-30-24-11-4-5-12-25(24)34(28)29)18-21-19-33(22-8-2-1-3-9-22)31-27(21)20-7-6-10-23(17-20)40(36,37)32-13-15-38-16-14-32/h1-12,17-19H,13-16H2/b26-18-. The van der Waals surface area contributed by atoms with Crippen molar-refractivity contribution in [2.45, 2.75) is 4.90 Å². The Morgan fingerprint density at radius 2 is 1.70 bits per heavy atom. The summed E-state index contributed by atoms with van der Waals surface area (Å²) in [5.74, 6) is 0. The van der Waals surface area contributed by atoms with Gasteiger partial charge < -0.3 is 4.74 Å². The van der Waals surface area contributed by atoms with Gasteiger partial charge in [-0.25, -0.2) is 22.5 Å². The average molecular weight is 570 g/mol. The molecule has 0 amide bonds. The third-order valence-electron chi connectivity index (χ3n) is 6.91. The van der Waals surface area contributed by atoms with Crippen LogP contribution in [0.15, 0.2) is 94.7 Å². The van der Waals surface area contributed by atoms with Crippen LogP contribution in [0.3, 0.4) is 0 Å². The summed E-state index contributed by atoms with van der Waals surface area (Å²) in [6.45, 7) is 1.37. The topological polar surface area (TPSA) is 98.8 Å². The molecule has 9 nitrogen and oxygen atoms in total. The van der Waals surface area contributed by atoms with Gasteiger partial charge in [-0.3, -0.25) is 4.79 Å². The summed E-state index contributed by atoms with van der Waals surface area (Å²) in [6.07, 6.45) is 3.66. The summed E-state index contributed by atoms with van der Waals surface area (Å²) < 4.78 is 37.4. The molecule has 0 spiro atoms. The number of para-hydroxylation sites is 3. The Bertz CT molecular complexity index is 2090. The van der Waals surface area contributed by atoms with Gasteiger partial charge in [0, 0.05) is 30.4 Å². The van der Waals surface area contributed by atoms with Crippen molar-refractivity contribution in [2.75, 3.05) is 26.3 Å². The van der Waals surface area contributed by atoms with Crippen LogP contribution in [0.2, 0.25) is 0 Å². The summed E-state index contributed by atoms with van der Waals surface area (Å²) in [5, 5.41) is 4.84. The van der Waals surface area contributed by atoms with Crippen LogP contribution in [0.5, 0.6) is 0 Å². The predicted molar refractivity (Wildman–Crippen MR) is 154 cm³/mol. The third-order valence-corrected chi connectivity index (χ3v) is 9.77.